The molecule has 2 heterocycles. The highest BCUT2D eigenvalue weighted by Crippen LogP contribution is 2.27. The molecule has 0 aliphatic rings. The zero-order chi connectivity index (χ0) is 11.5. The summed E-state index contributed by atoms with van der Waals surface area (Å²) in [7, 11) is 0. The minimum absolute atomic E-state index is 0.450. The molecular weight excluding hydrogens is 286 g/mol. The second-order valence-corrected chi connectivity index (χ2v) is 6.21. The van der Waals surface area contributed by atoms with Crippen LogP contribution in [0.2, 0.25) is 0 Å². The van der Waals surface area contributed by atoms with Crippen LogP contribution in [0, 0.1) is 6.92 Å². The fourth-order valence-corrected chi connectivity index (χ4v) is 3.14. The Morgan fingerprint density at radius 2 is 2.25 bits per heavy atom. The summed E-state index contributed by atoms with van der Waals surface area (Å²) in [5, 5.41) is 10.1. The van der Waals surface area contributed by atoms with E-state index in [9.17, 15) is 5.11 Å². The van der Waals surface area contributed by atoms with Crippen molar-refractivity contribution in [3.63, 3.8) is 0 Å². The maximum absolute atomic E-state index is 10.1. The van der Waals surface area contributed by atoms with E-state index in [2.05, 4.69) is 20.9 Å². The molecule has 0 fully saturated rings. The molecule has 0 aliphatic heterocycles. The van der Waals surface area contributed by atoms with Crippen LogP contribution in [0.5, 0.6) is 0 Å². The Balaban J connectivity index is 2.14. The van der Waals surface area contributed by atoms with Crippen molar-refractivity contribution in [2.45, 2.75) is 19.4 Å². The molecule has 1 N–H and O–H groups in total. The lowest BCUT2D eigenvalue weighted by atomic mass is 10.0. The van der Waals surface area contributed by atoms with Crippen molar-refractivity contribution in [3.8, 4) is 0 Å². The number of pyridine rings is 1. The summed E-state index contributed by atoms with van der Waals surface area (Å²) in [4.78, 5) is 5.20. The van der Waals surface area contributed by atoms with Gasteiger partial charge in [-0.2, -0.15) is 0 Å². The van der Waals surface area contributed by atoms with Crippen LogP contribution in [0.15, 0.2) is 34.4 Å². The molecule has 4 heteroatoms. The molecule has 0 amide bonds. The van der Waals surface area contributed by atoms with Gasteiger partial charge < -0.3 is 5.11 Å². The first-order chi connectivity index (χ1) is 7.66. The Labute approximate surface area is 107 Å². The van der Waals surface area contributed by atoms with Gasteiger partial charge in [0.1, 0.15) is 0 Å². The minimum atomic E-state index is -0.450. The lowest BCUT2D eigenvalue weighted by Crippen LogP contribution is -2.02. The molecule has 1 atom stereocenters. The average Bonchev–Trinajstić information content (AvgIpc) is 2.64. The van der Waals surface area contributed by atoms with Crippen LogP contribution in [-0.4, -0.2) is 10.1 Å². The van der Waals surface area contributed by atoms with Gasteiger partial charge in [-0.25, -0.2) is 0 Å². The number of aryl methyl sites for hydroxylation is 1. The normalized spacial score (nSPS) is 12.7. The summed E-state index contributed by atoms with van der Waals surface area (Å²) in [6, 6.07) is 5.92. The zero-order valence-electron chi connectivity index (χ0n) is 8.85. The van der Waals surface area contributed by atoms with E-state index in [0.29, 0.717) is 6.42 Å². The number of rotatable bonds is 3. The fourth-order valence-electron chi connectivity index (χ4n) is 1.62. The van der Waals surface area contributed by atoms with E-state index in [1.807, 2.05) is 25.1 Å². The highest BCUT2D eigenvalue weighted by Gasteiger charge is 2.12. The quantitative estimate of drug-likeness (QED) is 0.941. The monoisotopic (exact) mass is 297 g/mol. The number of thiophene rings is 1. The summed E-state index contributed by atoms with van der Waals surface area (Å²) in [5.41, 5.74) is 1.99. The fraction of sp³-hybridized carbons (Fsp3) is 0.250. The van der Waals surface area contributed by atoms with Gasteiger partial charge >= 0.3 is 0 Å². The molecule has 84 valence electrons. The summed E-state index contributed by atoms with van der Waals surface area (Å²) < 4.78 is 1.10. The number of aliphatic hydroxyl groups is 1. The van der Waals surface area contributed by atoms with Crippen LogP contribution in [0.1, 0.15) is 22.1 Å². The Kier molecular flexibility index (Phi) is 3.74. The van der Waals surface area contributed by atoms with Crippen LogP contribution in [-0.2, 0) is 6.42 Å². The predicted octanol–water partition coefficient (Wildman–Crippen LogP) is 3.49. The zero-order valence-corrected chi connectivity index (χ0v) is 11.3. The maximum Gasteiger partial charge on any atom is 0.0841 e. The van der Waals surface area contributed by atoms with E-state index >= 15 is 0 Å². The number of hydrogen-bond acceptors (Lipinski definition) is 3. The van der Waals surface area contributed by atoms with Gasteiger partial charge in [0.25, 0.3) is 0 Å². The van der Waals surface area contributed by atoms with E-state index in [0.717, 1.165) is 14.9 Å². The van der Waals surface area contributed by atoms with Gasteiger partial charge in [0.2, 0.25) is 0 Å². The lowest BCUT2D eigenvalue weighted by molar-refractivity contribution is 0.178. The van der Waals surface area contributed by atoms with E-state index < -0.39 is 6.10 Å². The summed E-state index contributed by atoms with van der Waals surface area (Å²) in [5.74, 6) is 0. The second kappa shape index (κ2) is 5.08. The van der Waals surface area contributed by atoms with Gasteiger partial charge in [-0.3, -0.25) is 4.98 Å². The molecule has 0 aromatic carbocycles. The highest BCUT2D eigenvalue weighted by atomic mass is 79.9. The molecule has 1 unspecified atom stereocenters. The van der Waals surface area contributed by atoms with E-state index in [-0.39, 0.29) is 0 Å². The summed E-state index contributed by atoms with van der Waals surface area (Å²) in [6.07, 6.45) is 3.70. The molecule has 2 nitrogen and oxygen atoms in total. The third-order valence-electron chi connectivity index (χ3n) is 2.45. The third kappa shape index (κ3) is 2.70. The first kappa shape index (κ1) is 11.8. The second-order valence-electron chi connectivity index (χ2n) is 3.66. The van der Waals surface area contributed by atoms with Crippen LogP contribution in [0.25, 0.3) is 0 Å². The third-order valence-corrected chi connectivity index (χ3v) is 4.09. The highest BCUT2D eigenvalue weighted by molar-refractivity contribution is 9.11. The largest absolute Gasteiger partial charge is 0.388 e. The summed E-state index contributed by atoms with van der Waals surface area (Å²) >= 11 is 5.08. The standard InChI is InChI=1S/C12H12BrNOS/c1-8-7-14-5-4-10(8)11(15)6-9-2-3-12(13)16-9/h2-5,7,11,15H,6H2,1H3. The van der Waals surface area contributed by atoms with Crippen molar-refractivity contribution >= 4 is 27.3 Å². The number of nitrogens with zero attached hydrogens (tertiary/aromatic N) is 1. The minimum Gasteiger partial charge on any atom is -0.388 e. The summed E-state index contributed by atoms with van der Waals surface area (Å²) in [6.45, 7) is 1.97. The van der Waals surface area contributed by atoms with Crippen LogP contribution in [0.4, 0.5) is 0 Å². The van der Waals surface area contributed by atoms with Crippen LogP contribution < -0.4 is 0 Å². The van der Waals surface area contributed by atoms with Crippen LogP contribution >= 0.6 is 27.3 Å². The smallest absolute Gasteiger partial charge is 0.0841 e. The number of aliphatic hydroxyl groups excluding tert-OH is 1. The van der Waals surface area contributed by atoms with Gasteiger partial charge in [-0.1, -0.05) is 0 Å². The van der Waals surface area contributed by atoms with Crippen molar-refractivity contribution in [2.75, 3.05) is 0 Å². The number of aromatic nitrogens is 1. The molecular formula is C12H12BrNOS. The Morgan fingerprint density at radius 1 is 1.44 bits per heavy atom. The molecule has 16 heavy (non-hydrogen) atoms. The molecule has 0 bridgehead atoms. The van der Waals surface area contributed by atoms with Gasteiger partial charge in [0.05, 0.1) is 9.89 Å². The molecule has 0 spiro atoms. The Morgan fingerprint density at radius 3 is 2.88 bits per heavy atom. The van der Waals surface area contributed by atoms with Gasteiger partial charge in [-0.05, 0) is 52.2 Å². The molecule has 0 saturated heterocycles. The van der Waals surface area contributed by atoms with E-state index in [1.165, 1.54) is 4.88 Å². The number of hydrogen-bond donors (Lipinski definition) is 1. The van der Waals surface area contributed by atoms with Gasteiger partial charge in [-0.15, -0.1) is 11.3 Å². The van der Waals surface area contributed by atoms with Crippen molar-refractivity contribution in [1.82, 2.24) is 4.98 Å². The van der Waals surface area contributed by atoms with Crippen molar-refractivity contribution in [1.29, 1.82) is 0 Å². The molecule has 2 aromatic heterocycles. The lowest BCUT2D eigenvalue weighted by Gasteiger charge is -2.11. The topological polar surface area (TPSA) is 33.1 Å². The first-order valence-electron chi connectivity index (χ1n) is 4.99. The maximum atomic E-state index is 10.1. The molecule has 2 aromatic rings. The molecule has 0 aliphatic carbocycles. The first-order valence-corrected chi connectivity index (χ1v) is 6.60. The Hall–Kier alpha value is -0.710. The Bertz CT molecular complexity index is 483. The van der Waals surface area contributed by atoms with Gasteiger partial charge in [0.15, 0.2) is 0 Å². The molecule has 0 radical (unpaired) electrons. The predicted molar refractivity (Wildman–Crippen MR) is 69.7 cm³/mol. The van der Waals surface area contributed by atoms with Crippen molar-refractivity contribution in [2.24, 2.45) is 0 Å². The van der Waals surface area contributed by atoms with E-state index in [1.54, 1.807) is 23.7 Å². The molecule has 0 saturated carbocycles. The SMILES string of the molecule is Cc1cnccc1C(O)Cc1ccc(Br)s1. The molecule has 2 rings (SSSR count). The van der Waals surface area contributed by atoms with Gasteiger partial charge in [0, 0.05) is 23.7 Å². The number of halogens is 1. The average molecular weight is 298 g/mol. The van der Waals surface area contributed by atoms with Crippen molar-refractivity contribution in [3.05, 3.63) is 50.4 Å². The van der Waals surface area contributed by atoms with Crippen LogP contribution in [0.3, 0.4) is 0 Å². The van der Waals surface area contributed by atoms with Crippen molar-refractivity contribution < 1.29 is 5.11 Å². The van der Waals surface area contributed by atoms with E-state index in [4.69, 9.17) is 0 Å².